The molecule has 0 saturated heterocycles. The molecule has 0 radical (unpaired) electrons. The molecule has 0 aliphatic heterocycles. The van der Waals surface area contributed by atoms with Crippen molar-refractivity contribution >= 4 is 6.09 Å². The molecule has 5 nitrogen and oxygen atoms in total. The van der Waals surface area contributed by atoms with Crippen LogP contribution in [0.1, 0.15) is 47.5 Å². The van der Waals surface area contributed by atoms with E-state index in [0.29, 0.717) is 26.2 Å². The van der Waals surface area contributed by atoms with E-state index >= 15 is 0 Å². The number of carboxylic acid groups (broad SMARTS) is 1. The Kier molecular flexibility index (Phi) is 7.25. The second kappa shape index (κ2) is 7.59. The molecule has 18 heavy (non-hydrogen) atoms. The highest BCUT2D eigenvalue weighted by atomic mass is 16.5. The molecular weight excluding hydrogens is 234 g/mol. The highest BCUT2D eigenvalue weighted by molar-refractivity contribution is 5.64. The molecule has 0 heterocycles. The molecule has 0 rings (SSSR count). The Bertz CT molecular complexity index is 246. The fourth-order valence-corrected chi connectivity index (χ4v) is 1.29. The Morgan fingerprint density at radius 2 is 1.72 bits per heavy atom. The van der Waals surface area contributed by atoms with Crippen molar-refractivity contribution in [1.82, 2.24) is 5.32 Å². The molecule has 0 aliphatic rings. The van der Waals surface area contributed by atoms with Crippen LogP contribution in [0.4, 0.5) is 4.79 Å². The van der Waals surface area contributed by atoms with Gasteiger partial charge >= 0.3 is 6.09 Å². The number of nitrogens with one attached hydrogen (secondary N) is 1. The third-order valence-electron chi connectivity index (χ3n) is 2.33. The molecule has 2 N–H and O–H groups in total. The minimum absolute atomic E-state index is 0.124. The van der Waals surface area contributed by atoms with Gasteiger partial charge in [-0.15, -0.1) is 0 Å². The quantitative estimate of drug-likeness (QED) is 0.659. The van der Waals surface area contributed by atoms with Crippen LogP contribution in [0.2, 0.25) is 0 Å². The van der Waals surface area contributed by atoms with E-state index in [0.717, 1.165) is 6.42 Å². The summed E-state index contributed by atoms with van der Waals surface area (Å²) in [4.78, 5) is 10.2. The number of hydrogen-bond donors (Lipinski definition) is 2. The van der Waals surface area contributed by atoms with Gasteiger partial charge in [0.25, 0.3) is 0 Å². The number of hydrogen-bond acceptors (Lipinski definition) is 3. The van der Waals surface area contributed by atoms with E-state index in [4.69, 9.17) is 14.6 Å². The third-order valence-corrected chi connectivity index (χ3v) is 2.33. The smallest absolute Gasteiger partial charge is 0.404 e. The van der Waals surface area contributed by atoms with Gasteiger partial charge in [-0.2, -0.15) is 0 Å². The lowest BCUT2D eigenvalue weighted by Crippen LogP contribution is -2.30. The monoisotopic (exact) mass is 261 g/mol. The first-order valence-corrected chi connectivity index (χ1v) is 6.37. The molecule has 108 valence electrons. The first-order chi connectivity index (χ1) is 8.12. The van der Waals surface area contributed by atoms with Crippen LogP contribution in [0, 0.1) is 0 Å². The summed E-state index contributed by atoms with van der Waals surface area (Å²) in [6, 6.07) is 0. The summed E-state index contributed by atoms with van der Waals surface area (Å²) in [7, 11) is 0. The van der Waals surface area contributed by atoms with Crippen molar-refractivity contribution in [3.63, 3.8) is 0 Å². The second-order valence-electron chi connectivity index (χ2n) is 5.90. The molecule has 0 bridgehead atoms. The topological polar surface area (TPSA) is 67.8 Å². The lowest BCUT2D eigenvalue weighted by atomic mass is 10.1. The Morgan fingerprint density at radius 1 is 1.11 bits per heavy atom. The Labute approximate surface area is 110 Å². The largest absolute Gasteiger partial charge is 0.465 e. The lowest BCUT2D eigenvalue weighted by Gasteiger charge is -2.27. The second-order valence-corrected chi connectivity index (χ2v) is 5.90. The minimum Gasteiger partial charge on any atom is -0.465 e. The van der Waals surface area contributed by atoms with E-state index in [2.05, 4.69) is 5.32 Å². The molecule has 0 unspecified atom stereocenters. The predicted molar refractivity (Wildman–Crippen MR) is 71.0 cm³/mol. The zero-order valence-corrected chi connectivity index (χ0v) is 12.2. The van der Waals surface area contributed by atoms with Gasteiger partial charge in [-0.05, 0) is 47.5 Å². The van der Waals surface area contributed by atoms with Crippen LogP contribution >= 0.6 is 0 Å². The van der Waals surface area contributed by atoms with Gasteiger partial charge < -0.3 is 19.9 Å². The summed E-state index contributed by atoms with van der Waals surface area (Å²) in [5.74, 6) is 0. The van der Waals surface area contributed by atoms with Gasteiger partial charge in [0.15, 0.2) is 0 Å². The summed E-state index contributed by atoms with van der Waals surface area (Å²) in [5.41, 5.74) is -0.365. The molecule has 0 spiro atoms. The van der Waals surface area contributed by atoms with Crippen LogP contribution < -0.4 is 5.32 Å². The number of rotatable bonds is 8. The Morgan fingerprint density at radius 3 is 2.22 bits per heavy atom. The van der Waals surface area contributed by atoms with Crippen molar-refractivity contribution in [2.45, 2.75) is 58.7 Å². The van der Waals surface area contributed by atoms with Crippen LogP contribution in [0.5, 0.6) is 0 Å². The maximum absolute atomic E-state index is 10.2. The number of ether oxygens (including phenoxy) is 2. The highest BCUT2D eigenvalue weighted by Gasteiger charge is 2.19. The average molecular weight is 261 g/mol. The van der Waals surface area contributed by atoms with Gasteiger partial charge in [-0.25, -0.2) is 4.79 Å². The maximum atomic E-state index is 10.2. The summed E-state index contributed by atoms with van der Waals surface area (Å²) in [6.45, 7) is 11.7. The van der Waals surface area contributed by atoms with Crippen LogP contribution in [0.25, 0.3) is 0 Å². The SMILES string of the molecule is CC(C)(C)OCCC(C)(C)OCCCNC(=O)O. The summed E-state index contributed by atoms with van der Waals surface area (Å²) >= 11 is 0. The first kappa shape index (κ1) is 17.2. The van der Waals surface area contributed by atoms with Gasteiger partial charge in [0.05, 0.1) is 11.2 Å². The summed E-state index contributed by atoms with van der Waals surface area (Å²) in [5, 5.41) is 10.7. The molecule has 0 aromatic carbocycles. The summed E-state index contributed by atoms with van der Waals surface area (Å²) < 4.78 is 11.4. The van der Waals surface area contributed by atoms with Gasteiger partial charge in [0.2, 0.25) is 0 Å². The van der Waals surface area contributed by atoms with Gasteiger partial charge in [-0.1, -0.05) is 0 Å². The van der Waals surface area contributed by atoms with E-state index in [1.54, 1.807) is 0 Å². The molecule has 0 atom stereocenters. The van der Waals surface area contributed by atoms with E-state index in [1.807, 2.05) is 34.6 Å². The fraction of sp³-hybridized carbons (Fsp3) is 0.923. The zero-order valence-electron chi connectivity index (χ0n) is 12.2. The first-order valence-electron chi connectivity index (χ1n) is 6.37. The average Bonchev–Trinajstić information content (AvgIpc) is 2.13. The lowest BCUT2D eigenvalue weighted by molar-refractivity contribution is -0.0667. The molecule has 0 fully saturated rings. The van der Waals surface area contributed by atoms with Gasteiger partial charge in [0.1, 0.15) is 0 Å². The van der Waals surface area contributed by atoms with Crippen LogP contribution in [0.15, 0.2) is 0 Å². The molecular formula is C13H27NO4. The van der Waals surface area contributed by atoms with Crippen molar-refractivity contribution in [1.29, 1.82) is 0 Å². The van der Waals surface area contributed by atoms with Crippen molar-refractivity contribution < 1.29 is 19.4 Å². The van der Waals surface area contributed by atoms with E-state index < -0.39 is 6.09 Å². The molecule has 0 aromatic rings. The highest BCUT2D eigenvalue weighted by Crippen LogP contribution is 2.17. The minimum atomic E-state index is -0.993. The van der Waals surface area contributed by atoms with Crippen molar-refractivity contribution in [3.8, 4) is 0 Å². The normalized spacial score (nSPS) is 12.5. The maximum Gasteiger partial charge on any atom is 0.404 e. The number of carbonyl (C=O) groups is 1. The van der Waals surface area contributed by atoms with Gasteiger partial charge in [-0.3, -0.25) is 0 Å². The van der Waals surface area contributed by atoms with E-state index in [9.17, 15) is 4.79 Å². The van der Waals surface area contributed by atoms with E-state index in [1.165, 1.54) is 0 Å². The van der Waals surface area contributed by atoms with Crippen molar-refractivity contribution in [2.75, 3.05) is 19.8 Å². The molecule has 0 aliphatic carbocycles. The zero-order chi connectivity index (χ0) is 14.2. The molecule has 1 amide bonds. The van der Waals surface area contributed by atoms with Crippen molar-refractivity contribution in [3.05, 3.63) is 0 Å². The van der Waals surface area contributed by atoms with Gasteiger partial charge in [0, 0.05) is 19.8 Å². The molecule has 0 aromatic heterocycles. The predicted octanol–water partition coefficient (Wildman–Crippen LogP) is 2.64. The van der Waals surface area contributed by atoms with Crippen molar-refractivity contribution in [2.24, 2.45) is 0 Å². The molecule has 5 heteroatoms. The number of amides is 1. The third kappa shape index (κ3) is 11.7. The van der Waals surface area contributed by atoms with E-state index in [-0.39, 0.29) is 11.2 Å². The Hall–Kier alpha value is -0.810. The fourth-order valence-electron chi connectivity index (χ4n) is 1.29. The Balaban J connectivity index is 3.64. The van der Waals surface area contributed by atoms with Crippen LogP contribution in [-0.4, -0.2) is 42.2 Å². The van der Waals surface area contributed by atoms with Crippen LogP contribution in [0.3, 0.4) is 0 Å². The molecule has 0 saturated carbocycles. The van der Waals surface area contributed by atoms with Crippen LogP contribution in [-0.2, 0) is 9.47 Å². The standard InChI is InChI=1S/C13H27NO4/c1-12(2,3)17-10-7-13(4,5)18-9-6-8-14-11(15)16/h14H,6-10H2,1-5H3,(H,15,16). The summed E-state index contributed by atoms with van der Waals surface area (Å²) in [6.07, 6.45) is 0.500.